The number of hydrogen-bond donors (Lipinski definition) is 0. The van der Waals surface area contributed by atoms with Gasteiger partial charge in [0.25, 0.3) is 0 Å². The van der Waals surface area contributed by atoms with Crippen molar-refractivity contribution in [2.24, 2.45) is 5.92 Å². The Balaban J connectivity index is 1.99. The lowest BCUT2D eigenvalue weighted by Crippen LogP contribution is -2.32. The van der Waals surface area contributed by atoms with Crippen LogP contribution in [0.1, 0.15) is 23.7 Å². The number of ether oxygens (including phenoxy) is 2. The minimum absolute atomic E-state index is 0.286. The summed E-state index contributed by atoms with van der Waals surface area (Å²) in [5, 5.41) is 0. The van der Waals surface area contributed by atoms with Gasteiger partial charge in [-0.05, 0) is 24.0 Å². The van der Waals surface area contributed by atoms with Gasteiger partial charge in [0.1, 0.15) is 6.79 Å². The zero-order valence-corrected chi connectivity index (χ0v) is 8.11. The van der Waals surface area contributed by atoms with E-state index in [0.29, 0.717) is 12.7 Å². The Morgan fingerprint density at radius 2 is 2.14 bits per heavy atom. The quantitative estimate of drug-likeness (QED) is 0.625. The number of fused-ring (bicyclic) bond motifs is 3. The first-order valence-corrected chi connectivity index (χ1v) is 5.22. The number of rotatable bonds is 0. The molecule has 2 nitrogen and oxygen atoms in total. The molecule has 0 amide bonds. The van der Waals surface area contributed by atoms with Crippen LogP contribution >= 0.6 is 0 Å². The first-order chi connectivity index (χ1) is 6.95. The van der Waals surface area contributed by atoms with Crippen molar-refractivity contribution in [1.82, 2.24) is 0 Å². The molecule has 74 valence electrons. The molecule has 1 fully saturated rings. The lowest BCUT2D eigenvalue weighted by molar-refractivity contribution is -0.176. The highest BCUT2D eigenvalue weighted by atomic mass is 16.7. The highest BCUT2D eigenvalue weighted by Gasteiger charge is 2.32. The van der Waals surface area contributed by atoms with Gasteiger partial charge in [-0.1, -0.05) is 24.3 Å². The smallest absolute Gasteiger partial charge is 0.147 e. The maximum absolute atomic E-state index is 5.69. The Hall–Kier alpha value is -0.860. The second-order valence-corrected chi connectivity index (χ2v) is 4.07. The summed E-state index contributed by atoms with van der Waals surface area (Å²) >= 11 is 0. The van der Waals surface area contributed by atoms with Crippen LogP contribution in [0.4, 0.5) is 0 Å². The Kier molecular flexibility index (Phi) is 2.03. The summed E-state index contributed by atoms with van der Waals surface area (Å²) in [6, 6.07) is 8.61. The third kappa shape index (κ3) is 1.26. The van der Waals surface area contributed by atoms with E-state index in [0.717, 1.165) is 6.61 Å². The van der Waals surface area contributed by atoms with E-state index >= 15 is 0 Å². The fourth-order valence-corrected chi connectivity index (χ4v) is 2.50. The number of hydrogen-bond acceptors (Lipinski definition) is 2. The first-order valence-electron chi connectivity index (χ1n) is 5.22. The maximum Gasteiger partial charge on any atom is 0.147 e. The molecule has 0 aromatic heterocycles. The van der Waals surface area contributed by atoms with E-state index in [2.05, 4.69) is 24.3 Å². The predicted molar refractivity (Wildman–Crippen MR) is 52.9 cm³/mol. The molecule has 2 heteroatoms. The van der Waals surface area contributed by atoms with Crippen LogP contribution in [0.5, 0.6) is 0 Å². The molecule has 0 spiro atoms. The van der Waals surface area contributed by atoms with Gasteiger partial charge in [-0.3, -0.25) is 0 Å². The van der Waals surface area contributed by atoms with Crippen molar-refractivity contribution in [2.45, 2.75) is 18.9 Å². The van der Waals surface area contributed by atoms with Crippen LogP contribution in [-0.4, -0.2) is 13.4 Å². The maximum atomic E-state index is 5.69. The van der Waals surface area contributed by atoms with Crippen molar-refractivity contribution in [2.75, 3.05) is 13.4 Å². The molecule has 3 rings (SSSR count). The van der Waals surface area contributed by atoms with E-state index < -0.39 is 0 Å². The fraction of sp³-hybridized carbons (Fsp3) is 0.500. The monoisotopic (exact) mass is 190 g/mol. The topological polar surface area (TPSA) is 18.5 Å². The zero-order chi connectivity index (χ0) is 9.38. The molecule has 0 bridgehead atoms. The normalized spacial score (nSPS) is 30.6. The SMILES string of the molecule is c1ccc2c(c1)CCC1COCOC21. The highest BCUT2D eigenvalue weighted by Crippen LogP contribution is 2.38. The van der Waals surface area contributed by atoms with E-state index in [1.54, 1.807) is 0 Å². The van der Waals surface area contributed by atoms with Crippen molar-refractivity contribution in [3.05, 3.63) is 35.4 Å². The molecule has 0 radical (unpaired) electrons. The Bertz CT molecular complexity index is 335. The third-order valence-electron chi connectivity index (χ3n) is 3.24. The molecule has 2 aliphatic rings. The van der Waals surface area contributed by atoms with Crippen LogP contribution in [0.2, 0.25) is 0 Å². The third-order valence-corrected chi connectivity index (χ3v) is 3.24. The van der Waals surface area contributed by atoms with Crippen LogP contribution in [0.3, 0.4) is 0 Å². The molecule has 0 N–H and O–H groups in total. The standard InChI is InChI=1S/C12H14O2/c1-2-4-11-9(3-1)5-6-10-7-13-8-14-12(10)11/h1-4,10,12H,5-8H2. The molecule has 1 aromatic carbocycles. The molecule has 1 aliphatic heterocycles. The summed E-state index contributed by atoms with van der Waals surface area (Å²) in [4.78, 5) is 0. The molecule has 1 aliphatic carbocycles. The average molecular weight is 190 g/mol. The molecule has 1 saturated heterocycles. The minimum Gasteiger partial charge on any atom is -0.355 e. The summed E-state index contributed by atoms with van der Waals surface area (Å²) in [6.45, 7) is 1.31. The largest absolute Gasteiger partial charge is 0.355 e. The van der Waals surface area contributed by atoms with Crippen molar-refractivity contribution >= 4 is 0 Å². The van der Waals surface area contributed by atoms with Crippen LogP contribution in [0.25, 0.3) is 0 Å². The average Bonchev–Trinajstić information content (AvgIpc) is 2.29. The van der Waals surface area contributed by atoms with Crippen LogP contribution in [-0.2, 0) is 15.9 Å². The second kappa shape index (κ2) is 3.37. The van der Waals surface area contributed by atoms with Crippen LogP contribution in [0.15, 0.2) is 24.3 Å². The molecule has 1 heterocycles. The second-order valence-electron chi connectivity index (χ2n) is 4.07. The van der Waals surface area contributed by atoms with Crippen LogP contribution < -0.4 is 0 Å². The Morgan fingerprint density at radius 1 is 1.21 bits per heavy atom. The van der Waals surface area contributed by atoms with Gasteiger partial charge in [-0.25, -0.2) is 0 Å². The summed E-state index contributed by atoms with van der Waals surface area (Å²) in [7, 11) is 0. The van der Waals surface area contributed by atoms with Crippen molar-refractivity contribution < 1.29 is 9.47 Å². The Morgan fingerprint density at radius 3 is 3.14 bits per heavy atom. The van der Waals surface area contributed by atoms with Crippen molar-refractivity contribution in [3.8, 4) is 0 Å². The van der Waals surface area contributed by atoms with Gasteiger partial charge in [0.2, 0.25) is 0 Å². The van der Waals surface area contributed by atoms with Gasteiger partial charge < -0.3 is 9.47 Å². The van der Waals surface area contributed by atoms with E-state index in [4.69, 9.17) is 9.47 Å². The van der Waals surface area contributed by atoms with Crippen molar-refractivity contribution in [3.63, 3.8) is 0 Å². The summed E-state index contributed by atoms with van der Waals surface area (Å²) in [5.74, 6) is 0.568. The number of benzene rings is 1. The molecular formula is C12H14O2. The molecule has 2 atom stereocenters. The summed E-state index contributed by atoms with van der Waals surface area (Å²) in [5.41, 5.74) is 2.84. The van der Waals surface area contributed by atoms with E-state index in [-0.39, 0.29) is 6.10 Å². The zero-order valence-electron chi connectivity index (χ0n) is 8.11. The Labute approximate surface area is 83.8 Å². The van der Waals surface area contributed by atoms with Gasteiger partial charge in [0.15, 0.2) is 0 Å². The highest BCUT2D eigenvalue weighted by molar-refractivity contribution is 5.32. The minimum atomic E-state index is 0.286. The first kappa shape index (κ1) is 8.45. The van der Waals surface area contributed by atoms with Gasteiger partial charge in [0.05, 0.1) is 12.7 Å². The molecule has 2 unspecified atom stereocenters. The van der Waals surface area contributed by atoms with Crippen molar-refractivity contribution in [1.29, 1.82) is 0 Å². The molecule has 0 saturated carbocycles. The fourth-order valence-electron chi connectivity index (χ4n) is 2.50. The summed E-state index contributed by atoms with van der Waals surface area (Å²) in [6.07, 6.45) is 2.65. The van der Waals surface area contributed by atoms with Crippen LogP contribution in [0, 0.1) is 5.92 Å². The number of aryl methyl sites for hydroxylation is 1. The molecular weight excluding hydrogens is 176 g/mol. The van der Waals surface area contributed by atoms with Gasteiger partial charge in [-0.2, -0.15) is 0 Å². The lowest BCUT2D eigenvalue weighted by atomic mass is 9.81. The van der Waals surface area contributed by atoms with E-state index in [1.807, 2.05) is 0 Å². The van der Waals surface area contributed by atoms with Gasteiger partial charge in [0, 0.05) is 5.92 Å². The lowest BCUT2D eigenvalue weighted by Gasteiger charge is -2.36. The predicted octanol–water partition coefficient (Wildman–Crippen LogP) is 2.29. The van der Waals surface area contributed by atoms with Gasteiger partial charge in [-0.15, -0.1) is 0 Å². The van der Waals surface area contributed by atoms with Gasteiger partial charge >= 0.3 is 0 Å². The molecule has 14 heavy (non-hydrogen) atoms. The van der Waals surface area contributed by atoms with E-state index in [1.165, 1.54) is 24.0 Å². The molecule has 1 aromatic rings. The van der Waals surface area contributed by atoms with E-state index in [9.17, 15) is 0 Å². The summed E-state index contributed by atoms with van der Waals surface area (Å²) < 4.78 is 11.0.